The van der Waals surface area contributed by atoms with Crippen LogP contribution >= 0.6 is 147 Å². The van der Waals surface area contributed by atoms with Crippen molar-refractivity contribution in [3.8, 4) is 0 Å². The van der Waals surface area contributed by atoms with Gasteiger partial charge in [-0.1, -0.05) is 37.6 Å². The van der Waals surface area contributed by atoms with Crippen molar-refractivity contribution in [1.82, 2.24) is 0 Å². The van der Waals surface area contributed by atoms with Crippen LogP contribution in [0.5, 0.6) is 0 Å². The van der Waals surface area contributed by atoms with Crippen molar-refractivity contribution >= 4 is 164 Å². The molecule has 0 saturated heterocycles. The molecule has 1 aliphatic carbocycles. The molecule has 5 rings (SSSR count). The van der Waals surface area contributed by atoms with Gasteiger partial charge in [-0.2, -0.15) is 4.58 Å². The quantitative estimate of drug-likeness (QED) is 0.169. The fourth-order valence-corrected chi connectivity index (χ4v) is 12.3. The van der Waals surface area contributed by atoms with E-state index < -0.39 is 0 Å². The molecule has 3 aliphatic rings. The average molecular weight is 1240 g/mol. The first-order valence-electron chi connectivity index (χ1n) is 13.3. The van der Waals surface area contributed by atoms with Crippen LogP contribution in [-0.2, 0) is 10.8 Å². The van der Waals surface area contributed by atoms with E-state index in [1.165, 1.54) is 66.5 Å². The highest BCUT2D eigenvalue weighted by Crippen LogP contribution is 2.51. The zero-order valence-electron chi connectivity index (χ0n) is 23.6. The van der Waals surface area contributed by atoms with E-state index in [0.29, 0.717) is 0 Å². The van der Waals surface area contributed by atoms with Gasteiger partial charge in [-0.25, -0.2) is 0 Å². The first-order valence-corrected chi connectivity index (χ1v) is 20.1. The minimum Gasteiger partial charge on any atom is -0.347 e. The number of benzene rings is 2. The predicted molar refractivity (Wildman–Crippen MR) is 227 cm³/mol. The van der Waals surface area contributed by atoms with Crippen molar-refractivity contribution in [2.24, 2.45) is 0 Å². The van der Waals surface area contributed by atoms with Crippen LogP contribution in [0.4, 0.5) is 11.4 Å². The third-order valence-electron chi connectivity index (χ3n) is 8.60. The van der Waals surface area contributed by atoms with Gasteiger partial charge in [0, 0.05) is 68.0 Å². The van der Waals surface area contributed by atoms with Crippen molar-refractivity contribution in [2.75, 3.05) is 19.0 Å². The van der Waals surface area contributed by atoms with Crippen LogP contribution in [0, 0.1) is 21.4 Å². The van der Waals surface area contributed by atoms with Crippen molar-refractivity contribution in [3.05, 3.63) is 90.9 Å². The lowest BCUT2D eigenvalue weighted by molar-refractivity contribution is -0.401. The summed E-state index contributed by atoms with van der Waals surface area (Å²) in [6.45, 7) is 9.37. The SMILES string of the molecule is CN1/C(=C\C=C2/CCCC(/C=C/C3=[N+](C)c4cc(I)c(I)c(I)c4C3(C)C)=C2Cl)C(C)(C)c2c1cc(I)c(I)c2I. The number of allylic oxidation sites excluding steroid dienone is 8. The minimum absolute atomic E-state index is 0.0764. The molecule has 9 heteroatoms. The second kappa shape index (κ2) is 12.6. The molecule has 2 aliphatic heterocycles. The molecule has 2 heterocycles. The van der Waals surface area contributed by atoms with Gasteiger partial charge >= 0.3 is 0 Å². The normalized spacial score (nSPS) is 21.6. The van der Waals surface area contributed by atoms with Crippen molar-refractivity contribution < 1.29 is 4.58 Å². The molecule has 2 aromatic carbocycles. The molecule has 0 unspecified atom stereocenters. The van der Waals surface area contributed by atoms with Gasteiger partial charge in [0.15, 0.2) is 5.71 Å². The highest BCUT2D eigenvalue weighted by atomic mass is 127. The largest absolute Gasteiger partial charge is 0.347 e. The molecule has 0 bridgehead atoms. The number of fused-ring (bicyclic) bond motifs is 2. The number of likely N-dealkylation sites (N-methyl/N-ethyl adjacent to an activating group) is 1. The topological polar surface area (TPSA) is 6.25 Å². The molecule has 0 amide bonds. The van der Waals surface area contributed by atoms with Crippen LogP contribution in [0.15, 0.2) is 58.3 Å². The number of hydrogen-bond acceptors (Lipinski definition) is 1. The Morgan fingerprint density at radius 3 is 2.07 bits per heavy atom. The maximum atomic E-state index is 7.13. The molecule has 0 fully saturated rings. The molecule has 0 radical (unpaired) electrons. The van der Waals surface area contributed by atoms with Crippen LogP contribution in [0.25, 0.3) is 0 Å². The second-order valence-corrected chi connectivity index (χ2v) is 18.8. The van der Waals surface area contributed by atoms with Gasteiger partial charge in [0.1, 0.15) is 7.05 Å². The Balaban J connectivity index is 1.49. The van der Waals surface area contributed by atoms with E-state index in [-0.39, 0.29) is 10.8 Å². The Bertz CT molecular complexity index is 1660. The number of nitrogens with zero attached hydrogens (tertiary/aromatic N) is 2. The van der Waals surface area contributed by atoms with Gasteiger partial charge < -0.3 is 4.90 Å². The van der Waals surface area contributed by atoms with E-state index >= 15 is 0 Å². The van der Waals surface area contributed by atoms with Crippen molar-refractivity contribution in [3.63, 3.8) is 0 Å². The summed E-state index contributed by atoms with van der Waals surface area (Å²) in [5.41, 5.74) is 10.4. The van der Waals surface area contributed by atoms with Gasteiger partial charge in [-0.3, -0.25) is 0 Å². The summed E-state index contributed by atoms with van der Waals surface area (Å²) in [5, 5.41) is 0.911. The van der Waals surface area contributed by atoms with E-state index in [1.807, 2.05) is 0 Å². The molecule has 2 nitrogen and oxygen atoms in total. The molecule has 0 aromatic heterocycles. The minimum atomic E-state index is -0.0764. The lowest BCUT2D eigenvalue weighted by Crippen LogP contribution is -2.27. The highest BCUT2D eigenvalue weighted by molar-refractivity contribution is 14.1. The Kier molecular flexibility index (Phi) is 10.4. The van der Waals surface area contributed by atoms with Gasteiger partial charge in [-0.15, -0.1) is 0 Å². The number of hydrogen-bond donors (Lipinski definition) is 0. The number of rotatable bonds is 3. The van der Waals surface area contributed by atoms with E-state index in [2.05, 4.69) is 223 Å². The number of anilines is 1. The predicted octanol–water partition coefficient (Wildman–Crippen LogP) is 11.8. The smallest absolute Gasteiger partial charge is 0.211 e. The third-order valence-corrected chi connectivity index (χ3v) is 19.3. The Hall–Kier alpha value is 1.54. The molecule has 41 heavy (non-hydrogen) atoms. The first kappa shape index (κ1) is 33.9. The summed E-state index contributed by atoms with van der Waals surface area (Å²) in [5.74, 6) is 0. The molecule has 0 atom stereocenters. The van der Waals surface area contributed by atoms with Gasteiger partial charge in [0.05, 0.1) is 11.0 Å². The molecule has 216 valence electrons. The molecular weight excluding hydrogens is 1210 g/mol. The Labute approximate surface area is 331 Å². The first-order chi connectivity index (χ1) is 19.1. The van der Waals surface area contributed by atoms with Crippen LogP contribution in [0.3, 0.4) is 0 Å². The van der Waals surface area contributed by atoms with Crippen molar-refractivity contribution in [1.29, 1.82) is 0 Å². The standard InChI is InChI=1S/C32H30ClI6N2/c1-31(2)22(40(5)20-14-18(34)27(36)29(38)24(20)31)12-10-16-8-7-9-17(26(16)33)11-13-23-32(3,4)25-21(41(23)6)15-19(35)28(37)30(25)39/h10-15H,7-9H2,1-6H3/q+1. The third kappa shape index (κ3) is 5.83. The fourth-order valence-electron chi connectivity index (χ4n) is 6.44. The Morgan fingerprint density at radius 2 is 1.41 bits per heavy atom. The summed E-state index contributed by atoms with van der Waals surface area (Å²) in [7, 11) is 4.39. The van der Waals surface area contributed by atoms with E-state index in [0.717, 1.165) is 24.3 Å². The Morgan fingerprint density at radius 1 is 0.805 bits per heavy atom. The molecule has 0 N–H and O–H groups in total. The van der Waals surface area contributed by atoms with Gasteiger partial charge in [0.2, 0.25) is 5.69 Å². The average Bonchev–Trinajstić information content (AvgIpc) is 3.21. The van der Waals surface area contributed by atoms with Crippen LogP contribution in [-0.4, -0.2) is 24.4 Å². The van der Waals surface area contributed by atoms with Gasteiger partial charge in [-0.05, 0) is 192 Å². The number of halogens is 7. The monoisotopic (exact) mass is 1240 g/mol. The van der Waals surface area contributed by atoms with E-state index in [9.17, 15) is 0 Å². The zero-order valence-corrected chi connectivity index (χ0v) is 37.3. The van der Waals surface area contributed by atoms with Gasteiger partial charge in [0.25, 0.3) is 0 Å². The zero-order chi connectivity index (χ0) is 30.2. The van der Waals surface area contributed by atoms with E-state index in [4.69, 9.17) is 11.6 Å². The lowest BCUT2D eigenvalue weighted by Gasteiger charge is -2.25. The second-order valence-electron chi connectivity index (χ2n) is 11.8. The lowest BCUT2D eigenvalue weighted by atomic mass is 9.81. The summed E-state index contributed by atoms with van der Waals surface area (Å²) in [6, 6.07) is 4.65. The van der Waals surface area contributed by atoms with Crippen LogP contribution in [0.2, 0.25) is 0 Å². The fraction of sp³-hybridized carbons (Fsp3) is 0.344. The summed E-state index contributed by atoms with van der Waals surface area (Å²) in [4.78, 5) is 2.37. The van der Waals surface area contributed by atoms with Crippen LogP contribution in [0.1, 0.15) is 58.1 Å². The maximum absolute atomic E-state index is 7.13. The summed E-state index contributed by atoms with van der Waals surface area (Å²) in [6.07, 6.45) is 12.3. The van der Waals surface area contributed by atoms with E-state index in [1.54, 1.807) is 0 Å². The summed E-state index contributed by atoms with van der Waals surface area (Å²) >= 11 is 22.1. The molecule has 0 saturated carbocycles. The van der Waals surface area contributed by atoms with Crippen molar-refractivity contribution in [2.45, 2.75) is 57.8 Å². The molecule has 0 spiro atoms. The highest BCUT2D eigenvalue weighted by Gasteiger charge is 2.45. The summed E-state index contributed by atoms with van der Waals surface area (Å²) < 4.78 is 10.4. The molecule has 2 aromatic rings. The molecular formula is C32H30ClI6N2+. The maximum Gasteiger partial charge on any atom is 0.211 e. The van der Waals surface area contributed by atoms with Crippen LogP contribution < -0.4 is 4.90 Å².